The zero-order chi connectivity index (χ0) is 19.4. The van der Waals surface area contributed by atoms with Gasteiger partial charge >= 0.3 is 6.18 Å². The molecule has 4 N–H and O–H groups in total. The number of nitrogens with zero attached hydrogens (tertiary/aromatic N) is 2. The maximum absolute atomic E-state index is 13.2. The first-order valence-corrected chi connectivity index (χ1v) is 8.28. The molecule has 0 saturated carbocycles. The van der Waals surface area contributed by atoms with E-state index in [1.807, 2.05) is 31.2 Å². The van der Waals surface area contributed by atoms with Crippen LogP contribution in [0, 0.1) is 0 Å². The molecule has 0 saturated heterocycles. The summed E-state index contributed by atoms with van der Waals surface area (Å²) in [4.78, 5) is 8.10. The van der Waals surface area contributed by atoms with Crippen molar-refractivity contribution >= 4 is 28.7 Å². The highest BCUT2D eigenvalue weighted by Gasteiger charge is 2.33. The lowest BCUT2D eigenvalue weighted by Crippen LogP contribution is -2.11. The van der Waals surface area contributed by atoms with Crippen molar-refractivity contribution in [3.05, 3.63) is 66.0 Å². The number of nitrogens with two attached hydrogens (primary N) is 1. The molecule has 0 unspecified atom stereocenters. The van der Waals surface area contributed by atoms with Crippen LogP contribution in [-0.4, -0.2) is 9.97 Å². The van der Waals surface area contributed by atoms with Crippen LogP contribution >= 0.6 is 0 Å². The van der Waals surface area contributed by atoms with Gasteiger partial charge in [-0.25, -0.2) is 9.97 Å². The Morgan fingerprint density at radius 3 is 2.07 bits per heavy atom. The van der Waals surface area contributed by atoms with Crippen LogP contribution in [0.4, 0.5) is 41.9 Å². The molecule has 5 nitrogen and oxygen atoms in total. The molecule has 27 heavy (non-hydrogen) atoms. The number of halogens is 3. The summed E-state index contributed by atoms with van der Waals surface area (Å²) < 4.78 is 39.6. The second-order valence-electron chi connectivity index (χ2n) is 5.79. The van der Waals surface area contributed by atoms with Crippen molar-refractivity contribution in [2.24, 2.45) is 0 Å². The third-order valence-electron chi connectivity index (χ3n) is 4.02. The molecule has 0 aliphatic carbocycles. The van der Waals surface area contributed by atoms with Crippen LogP contribution in [0.5, 0.6) is 0 Å². The maximum atomic E-state index is 13.2. The van der Waals surface area contributed by atoms with Crippen LogP contribution in [0.15, 0.2) is 54.9 Å². The highest BCUT2D eigenvalue weighted by molar-refractivity contribution is 5.81. The van der Waals surface area contributed by atoms with Crippen molar-refractivity contribution in [3.63, 3.8) is 0 Å². The molecule has 0 atom stereocenters. The molecule has 2 aromatic carbocycles. The van der Waals surface area contributed by atoms with Crippen LogP contribution in [0.3, 0.4) is 0 Å². The van der Waals surface area contributed by atoms with E-state index in [1.54, 1.807) is 0 Å². The number of nitrogens with one attached hydrogen (secondary N) is 2. The van der Waals surface area contributed by atoms with E-state index in [1.165, 1.54) is 24.5 Å². The molecule has 3 aromatic rings. The summed E-state index contributed by atoms with van der Waals surface area (Å²) in [6.07, 6.45) is -2.45. The van der Waals surface area contributed by atoms with Gasteiger partial charge in [0.25, 0.3) is 0 Å². The minimum Gasteiger partial charge on any atom is -0.393 e. The third-order valence-corrected chi connectivity index (χ3v) is 4.02. The minimum absolute atomic E-state index is 0.0955. The fourth-order valence-corrected chi connectivity index (χ4v) is 2.64. The Morgan fingerprint density at radius 1 is 0.889 bits per heavy atom. The molecule has 0 aliphatic heterocycles. The summed E-state index contributed by atoms with van der Waals surface area (Å²) in [5.41, 5.74) is 7.19. The molecule has 0 amide bonds. The van der Waals surface area contributed by atoms with Crippen molar-refractivity contribution in [2.75, 3.05) is 16.4 Å². The van der Waals surface area contributed by atoms with E-state index in [0.29, 0.717) is 5.82 Å². The van der Waals surface area contributed by atoms with Gasteiger partial charge in [-0.2, -0.15) is 13.2 Å². The van der Waals surface area contributed by atoms with Gasteiger partial charge in [0.1, 0.15) is 12.0 Å². The number of aromatic nitrogens is 2. The fraction of sp³-hybridized carbons (Fsp3) is 0.158. The standard InChI is InChI=1S/C19H18F3N5/c1-2-12-7-3-5-9-14(12)26-17-16(23)18(25-11-24-17)27-15-10-6-4-8-13(15)19(20,21)22/h3-11H,2,23H2,1H3,(H2,24,25,26,27). The molecular formula is C19H18F3N5. The van der Waals surface area contributed by atoms with Crippen LogP contribution in [0.25, 0.3) is 0 Å². The molecule has 3 rings (SSSR count). The topological polar surface area (TPSA) is 75.9 Å². The molecule has 0 radical (unpaired) electrons. The molecular weight excluding hydrogens is 355 g/mol. The Labute approximate surface area is 154 Å². The zero-order valence-electron chi connectivity index (χ0n) is 14.5. The second kappa shape index (κ2) is 7.53. The maximum Gasteiger partial charge on any atom is 0.418 e. The van der Waals surface area contributed by atoms with E-state index in [2.05, 4.69) is 20.6 Å². The minimum atomic E-state index is -4.49. The molecule has 8 heteroatoms. The van der Waals surface area contributed by atoms with Crippen molar-refractivity contribution < 1.29 is 13.2 Å². The van der Waals surface area contributed by atoms with Gasteiger partial charge in [-0.3, -0.25) is 0 Å². The lowest BCUT2D eigenvalue weighted by Gasteiger charge is -2.17. The number of para-hydroxylation sites is 2. The average molecular weight is 373 g/mol. The Morgan fingerprint density at radius 2 is 1.44 bits per heavy atom. The fourth-order valence-electron chi connectivity index (χ4n) is 2.64. The van der Waals surface area contributed by atoms with Crippen LogP contribution in [0.1, 0.15) is 18.1 Å². The lowest BCUT2D eigenvalue weighted by atomic mass is 10.1. The summed E-state index contributed by atoms with van der Waals surface area (Å²) in [6, 6.07) is 12.8. The summed E-state index contributed by atoms with van der Waals surface area (Å²) >= 11 is 0. The first kappa shape index (κ1) is 18.5. The van der Waals surface area contributed by atoms with Crippen LogP contribution in [0.2, 0.25) is 0 Å². The summed E-state index contributed by atoms with van der Waals surface area (Å²) in [7, 11) is 0. The van der Waals surface area contributed by atoms with Gasteiger partial charge in [-0.05, 0) is 30.2 Å². The normalized spacial score (nSPS) is 11.3. The molecule has 1 aromatic heterocycles. The van der Waals surface area contributed by atoms with E-state index in [4.69, 9.17) is 5.73 Å². The smallest absolute Gasteiger partial charge is 0.393 e. The highest BCUT2D eigenvalue weighted by atomic mass is 19.4. The largest absolute Gasteiger partial charge is 0.418 e. The number of benzene rings is 2. The van der Waals surface area contributed by atoms with Gasteiger partial charge < -0.3 is 16.4 Å². The Balaban J connectivity index is 1.93. The number of alkyl halides is 3. The van der Waals surface area contributed by atoms with Gasteiger partial charge in [-0.1, -0.05) is 37.3 Å². The third kappa shape index (κ3) is 4.11. The predicted octanol–water partition coefficient (Wildman–Crippen LogP) is 5.13. The van der Waals surface area contributed by atoms with Gasteiger partial charge in [0.15, 0.2) is 11.6 Å². The number of anilines is 5. The van der Waals surface area contributed by atoms with Crippen LogP contribution < -0.4 is 16.4 Å². The predicted molar refractivity (Wildman–Crippen MR) is 100 cm³/mol. The number of nitrogen functional groups attached to an aromatic ring is 1. The molecule has 1 heterocycles. The average Bonchev–Trinajstić information content (AvgIpc) is 2.65. The second-order valence-corrected chi connectivity index (χ2v) is 5.79. The summed E-state index contributed by atoms with van der Waals surface area (Å²) in [5.74, 6) is 0.413. The number of aryl methyl sites for hydroxylation is 1. The quantitative estimate of drug-likeness (QED) is 0.578. The van der Waals surface area contributed by atoms with Gasteiger partial charge in [0.05, 0.1) is 11.3 Å². The SMILES string of the molecule is CCc1ccccc1Nc1ncnc(Nc2ccccc2C(F)(F)F)c1N. The number of hydrogen-bond donors (Lipinski definition) is 3. The van der Waals surface area contributed by atoms with Gasteiger partial charge in [-0.15, -0.1) is 0 Å². The Kier molecular flexibility index (Phi) is 5.16. The van der Waals surface area contributed by atoms with E-state index in [9.17, 15) is 13.2 Å². The molecule has 0 fully saturated rings. The summed E-state index contributed by atoms with van der Waals surface area (Å²) in [5, 5.41) is 5.79. The van der Waals surface area contributed by atoms with Crippen LogP contribution in [-0.2, 0) is 12.6 Å². The van der Waals surface area contributed by atoms with E-state index < -0.39 is 11.7 Å². The molecule has 0 spiro atoms. The van der Waals surface area contributed by atoms with E-state index in [0.717, 1.165) is 23.7 Å². The Bertz CT molecular complexity index is 941. The summed E-state index contributed by atoms with van der Waals surface area (Å²) in [6.45, 7) is 2.02. The van der Waals surface area contributed by atoms with Crippen molar-refractivity contribution in [1.29, 1.82) is 0 Å². The molecule has 140 valence electrons. The van der Waals surface area contributed by atoms with Crippen molar-refractivity contribution in [1.82, 2.24) is 9.97 Å². The number of rotatable bonds is 5. The zero-order valence-corrected chi connectivity index (χ0v) is 14.5. The van der Waals surface area contributed by atoms with E-state index in [-0.39, 0.29) is 17.2 Å². The molecule has 0 aliphatic rings. The van der Waals surface area contributed by atoms with E-state index >= 15 is 0 Å². The lowest BCUT2D eigenvalue weighted by molar-refractivity contribution is -0.136. The van der Waals surface area contributed by atoms with Gasteiger partial charge in [0, 0.05) is 5.69 Å². The first-order chi connectivity index (χ1) is 12.9. The van der Waals surface area contributed by atoms with Crippen molar-refractivity contribution in [3.8, 4) is 0 Å². The monoisotopic (exact) mass is 373 g/mol. The number of hydrogen-bond acceptors (Lipinski definition) is 5. The van der Waals surface area contributed by atoms with Gasteiger partial charge in [0.2, 0.25) is 0 Å². The highest BCUT2D eigenvalue weighted by Crippen LogP contribution is 2.37. The molecule has 0 bridgehead atoms. The Hall–Kier alpha value is -3.29. The van der Waals surface area contributed by atoms with Crippen molar-refractivity contribution in [2.45, 2.75) is 19.5 Å². The first-order valence-electron chi connectivity index (χ1n) is 8.28.